The van der Waals surface area contributed by atoms with Crippen molar-refractivity contribution in [1.82, 2.24) is 5.16 Å². The second-order valence-corrected chi connectivity index (χ2v) is 6.12. The maximum Gasteiger partial charge on any atom is 0.176 e. The molecule has 0 saturated carbocycles. The van der Waals surface area contributed by atoms with Gasteiger partial charge in [-0.2, -0.15) is 0 Å². The quantitative estimate of drug-likeness (QED) is 0.657. The molecule has 5 heteroatoms. The minimum absolute atomic E-state index is 0.390. The summed E-state index contributed by atoms with van der Waals surface area (Å²) < 4.78 is 7.41. The van der Waals surface area contributed by atoms with Crippen LogP contribution in [0.3, 0.4) is 0 Å². The molecule has 1 aromatic heterocycles. The summed E-state index contributed by atoms with van der Waals surface area (Å²) in [5.41, 5.74) is 8.68. The summed E-state index contributed by atoms with van der Waals surface area (Å²) in [7, 11) is 0. The molecule has 2 N–H and O–H groups in total. The molecule has 3 nitrogen and oxygen atoms in total. The highest BCUT2D eigenvalue weighted by molar-refractivity contribution is 9.10. The topological polar surface area (TPSA) is 52.0 Å². The number of nitrogens with two attached hydrogens (primary N) is 1. The van der Waals surface area contributed by atoms with Crippen LogP contribution in [0.25, 0.3) is 22.5 Å². The molecule has 2 aromatic carbocycles. The van der Waals surface area contributed by atoms with Gasteiger partial charge in [0.2, 0.25) is 0 Å². The normalized spacial score (nSPS) is 10.7. The average molecular weight is 394 g/mol. The van der Waals surface area contributed by atoms with Crippen molar-refractivity contribution < 1.29 is 4.52 Å². The molecule has 0 aliphatic heterocycles. The third-order valence-electron chi connectivity index (χ3n) is 2.94. The van der Waals surface area contributed by atoms with E-state index in [4.69, 9.17) is 10.3 Å². The van der Waals surface area contributed by atoms with Crippen molar-refractivity contribution in [3.05, 3.63) is 57.5 Å². The van der Waals surface area contributed by atoms with Gasteiger partial charge in [0.1, 0.15) is 0 Å². The fraction of sp³-hybridized carbons (Fsp3) is 0. The summed E-state index contributed by atoms with van der Waals surface area (Å²) >= 11 is 6.88. The molecule has 0 bridgehead atoms. The van der Waals surface area contributed by atoms with E-state index in [9.17, 15) is 0 Å². The maximum absolute atomic E-state index is 5.96. The lowest BCUT2D eigenvalue weighted by Crippen LogP contribution is -1.88. The summed E-state index contributed by atoms with van der Waals surface area (Å²) in [4.78, 5) is 0. The monoisotopic (exact) mass is 392 g/mol. The Hall–Kier alpha value is -1.59. The van der Waals surface area contributed by atoms with Gasteiger partial charge in [0.25, 0.3) is 0 Å². The zero-order valence-electron chi connectivity index (χ0n) is 10.3. The molecule has 0 radical (unpaired) electrons. The van der Waals surface area contributed by atoms with Crippen LogP contribution in [0, 0.1) is 0 Å². The van der Waals surface area contributed by atoms with Crippen LogP contribution in [0.2, 0.25) is 0 Å². The Morgan fingerprint density at radius 2 is 1.65 bits per heavy atom. The molecule has 3 rings (SSSR count). The molecule has 0 amide bonds. The molecule has 0 atom stereocenters. The van der Waals surface area contributed by atoms with Gasteiger partial charge in [0, 0.05) is 14.5 Å². The highest BCUT2D eigenvalue weighted by atomic mass is 79.9. The smallest absolute Gasteiger partial charge is 0.176 e. The first-order valence-electron chi connectivity index (χ1n) is 5.92. The molecule has 0 unspecified atom stereocenters. The molecule has 0 aliphatic rings. The molecule has 1 heterocycles. The number of nitrogen functional groups attached to an aromatic ring is 1. The van der Waals surface area contributed by atoms with Crippen molar-refractivity contribution in [2.24, 2.45) is 0 Å². The summed E-state index contributed by atoms with van der Waals surface area (Å²) in [5, 5.41) is 3.90. The van der Waals surface area contributed by atoms with Gasteiger partial charge in [-0.1, -0.05) is 49.1 Å². The molecule has 0 aliphatic carbocycles. The first-order chi connectivity index (χ1) is 9.65. The van der Waals surface area contributed by atoms with Crippen LogP contribution in [0.1, 0.15) is 0 Å². The van der Waals surface area contributed by atoms with Crippen LogP contribution in [-0.4, -0.2) is 5.16 Å². The van der Waals surface area contributed by atoms with E-state index in [2.05, 4.69) is 37.0 Å². The van der Waals surface area contributed by atoms with Gasteiger partial charge in [0.15, 0.2) is 11.6 Å². The van der Waals surface area contributed by atoms with Gasteiger partial charge in [-0.05, 0) is 42.0 Å². The lowest BCUT2D eigenvalue weighted by molar-refractivity contribution is 0.436. The highest BCUT2D eigenvalue weighted by Gasteiger charge is 2.17. The van der Waals surface area contributed by atoms with Gasteiger partial charge in [-0.3, -0.25) is 0 Å². The van der Waals surface area contributed by atoms with Gasteiger partial charge in [-0.25, -0.2) is 0 Å². The number of halogens is 2. The average Bonchev–Trinajstić information content (AvgIpc) is 2.81. The van der Waals surface area contributed by atoms with Gasteiger partial charge >= 0.3 is 0 Å². The fourth-order valence-corrected chi connectivity index (χ4v) is 2.69. The Labute approximate surface area is 133 Å². The number of hydrogen-bond acceptors (Lipinski definition) is 3. The van der Waals surface area contributed by atoms with Crippen LogP contribution in [0.15, 0.2) is 62.0 Å². The van der Waals surface area contributed by atoms with Crippen LogP contribution in [-0.2, 0) is 0 Å². The van der Waals surface area contributed by atoms with E-state index in [1.54, 1.807) is 0 Å². The lowest BCUT2D eigenvalue weighted by Gasteiger charge is -2.03. The van der Waals surface area contributed by atoms with Crippen molar-refractivity contribution in [2.45, 2.75) is 0 Å². The first kappa shape index (κ1) is 13.4. The summed E-state index contributed by atoms with van der Waals surface area (Å²) in [6.45, 7) is 0. The fourth-order valence-electron chi connectivity index (χ4n) is 2.02. The number of anilines is 1. The molecule has 20 heavy (non-hydrogen) atoms. The van der Waals surface area contributed by atoms with E-state index < -0.39 is 0 Å². The second kappa shape index (κ2) is 5.42. The number of nitrogens with zero attached hydrogens (tertiary/aromatic N) is 1. The number of benzene rings is 2. The van der Waals surface area contributed by atoms with E-state index in [1.165, 1.54) is 0 Å². The zero-order chi connectivity index (χ0) is 14.1. The second-order valence-electron chi connectivity index (χ2n) is 4.29. The van der Waals surface area contributed by atoms with E-state index in [0.717, 1.165) is 25.6 Å². The third-order valence-corrected chi connectivity index (χ3v) is 3.96. The van der Waals surface area contributed by atoms with Crippen LogP contribution < -0.4 is 5.73 Å². The van der Waals surface area contributed by atoms with Crippen LogP contribution in [0.5, 0.6) is 0 Å². The number of hydrogen-bond donors (Lipinski definition) is 1. The van der Waals surface area contributed by atoms with E-state index in [0.29, 0.717) is 11.6 Å². The minimum atomic E-state index is 0.390. The van der Waals surface area contributed by atoms with E-state index >= 15 is 0 Å². The molecule has 0 saturated heterocycles. The standard InChI is InChI=1S/C15H10Br2N2O/c16-11-6-4-9(5-7-11)14-13(15(18)19-20-14)10-2-1-3-12(17)8-10/h1-8H,(H2,18,19). The first-order valence-corrected chi connectivity index (χ1v) is 7.51. The molecule has 3 aromatic rings. The lowest BCUT2D eigenvalue weighted by atomic mass is 10.0. The van der Waals surface area contributed by atoms with E-state index in [-0.39, 0.29) is 0 Å². The van der Waals surface area contributed by atoms with Crippen LogP contribution in [0.4, 0.5) is 5.82 Å². The highest BCUT2D eigenvalue weighted by Crippen LogP contribution is 2.37. The summed E-state index contributed by atoms with van der Waals surface area (Å²) in [6.07, 6.45) is 0. The van der Waals surface area contributed by atoms with Crippen LogP contribution >= 0.6 is 31.9 Å². The van der Waals surface area contributed by atoms with Crippen molar-refractivity contribution in [2.75, 3.05) is 5.73 Å². The Kier molecular flexibility index (Phi) is 3.63. The molecular weight excluding hydrogens is 384 g/mol. The molecule has 100 valence electrons. The SMILES string of the molecule is Nc1noc(-c2ccc(Br)cc2)c1-c1cccc(Br)c1. The zero-order valence-corrected chi connectivity index (χ0v) is 13.5. The molecule has 0 fully saturated rings. The minimum Gasteiger partial charge on any atom is -0.380 e. The Morgan fingerprint density at radius 1 is 0.900 bits per heavy atom. The number of aromatic nitrogens is 1. The Balaban J connectivity index is 2.17. The van der Waals surface area contributed by atoms with Gasteiger partial charge in [0.05, 0.1) is 5.56 Å². The van der Waals surface area contributed by atoms with Crippen molar-refractivity contribution in [3.63, 3.8) is 0 Å². The largest absolute Gasteiger partial charge is 0.380 e. The molecular formula is C15H10Br2N2O. The summed E-state index contributed by atoms with van der Waals surface area (Å²) in [6, 6.07) is 15.7. The predicted molar refractivity (Wildman–Crippen MR) is 87.2 cm³/mol. The van der Waals surface area contributed by atoms with Crippen molar-refractivity contribution in [1.29, 1.82) is 0 Å². The Morgan fingerprint density at radius 3 is 2.35 bits per heavy atom. The number of rotatable bonds is 2. The Bertz CT molecular complexity index is 751. The van der Waals surface area contributed by atoms with Crippen molar-refractivity contribution >= 4 is 37.7 Å². The summed E-state index contributed by atoms with van der Waals surface area (Å²) in [5.74, 6) is 1.06. The third kappa shape index (κ3) is 2.51. The predicted octanol–water partition coefficient (Wildman–Crippen LogP) is 5.12. The molecule has 0 spiro atoms. The van der Waals surface area contributed by atoms with Crippen molar-refractivity contribution in [3.8, 4) is 22.5 Å². The van der Waals surface area contributed by atoms with Gasteiger partial charge < -0.3 is 10.3 Å². The van der Waals surface area contributed by atoms with E-state index in [1.807, 2.05) is 48.5 Å². The van der Waals surface area contributed by atoms with Gasteiger partial charge in [-0.15, -0.1) is 0 Å². The maximum atomic E-state index is 5.96.